The molecular formula is C43H27N3O. The third-order valence-corrected chi connectivity index (χ3v) is 8.71. The second-order valence-electron chi connectivity index (χ2n) is 11.6. The third-order valence-electron chi connectivity index (χ3n) is 8.71. The molecule has 47 heavy (non-hydrogen) atoms. The second-order valence-corrected chi connectivity index (χ2v) is 11.6. The van der Waals surface area contributed by atoms with Crippen LogP contribution in [-0.4, -0.2) is 15.0 Å². The molecule has 4 nitrogen and oxygen atoms in total. The molecule has 4 heteroatoms. The van der Waals surface area contributed by atoms with Crippen LogP contribution in [-0.2, 0) is 0 Å². The number of furan rings is 1. The van der Waals surface area contributed by atoms with Crippen LogP contribution in [0.2, 0.25) is 0 Å². The van der Waals surface area contributed by atoms with Crippen molar-refractivity contribution in [2.45, 2.75) is 0 Å². The third kappa shape index (κ3) is 4.75. The van der Waals surface area contributed by atoms with Gasteiger partial charge in [-0.15, -0.1) is 0 Å². The lowest BCUT2D eigenvalue weighted by Crippen LogP contribution is -2.01. The highest BCUT2D eigenvalue weighted by molar-refractivity contribution is 6.23. The lowest BCUT2D eigenvalue weighted by Gasteiger charge is -2.13. The summed E-state index contributed by atoms with van der Waals surface area (Å²) in [6, 6.07) is 56.2. The smallest absolute Gasteiger partial charge is 0.164 e. The number of rotatable bonds is 5. The first-order chi connectivity index (χ1) is 23.3. The van der Waals surface area contributed by atoms with Gasteiger partial charge in [-0.1, -0.05) is 146 Å². The van der Waals surface area contributed by atoms with Crippen LogP contribution < -0.4 is 0 Å². The fourth-order valence-electron chi connectivity index (χ4n) is 6.51. The van der Waals surface area contributed by atoms with Crippen LogP contribution in [0.5, 0.6) is 0 Å². The van der Waals surface area contributed by atoms with Crippen molar-refractivity contribution in [2.75, 3.05) is 0 Å². The Morgan fingerprint density at radius 3 is 1.70 bits per heavy atom. The highest BCUT2D eigenvalue weighted by Gasteiger charge is 2.22. The van der Waals surface area contributed by atoms with Crippen molar-refractivity contribution in [3.63, 3.8) is 0 Å². The number of para-hydroxylation sites is 1. The van der Waals surface area contributed by atoms with Crippen molar-refractivity contribution < 1.29 is 4.42 Å². The largest absolute Gasteiger partial charge is 0.455 e. The Morgan fingerprint density at radius 1 is 0.362 bits per heavy atom. The van der Waals surface area contributed by atoms with Crippen LogP contribution in [0.4, 0.5) is 0 Å². The van der Waals surface area contributed by atoms with E-state index in [2.05, 4.69) is 109 Å². The molecule has 9 aromatic rings. The van der Waals surface area contributed by atoms with Gasteiger partial charge in [0.2, 0.25) is 0 Å². The highest BCUT2D eigenvalue weighted by Crippen LogP contribution is 2.44. The van der Waals surface area contributed by atoms with Crippen LogP contribution in [0, 0.1) is 0 Å². The number of fused-ring (bicyclic) bond motifs is 5. The Bertz CT molecular complexity index is 2560. The average Bonchev–Trinajstić information content (AvgIpc) is 3.55. The fourth-order valence-corrected chi connectivity index (χ4v) is 6.51. The molecule has 0 saturated heterocycles. The topological polar surface area (TPSA) is 51.8 Å². The molecule has 0 N–H and O–H groups in total. The maximum Gasteiger partial charge on any atom is 0.164 e. The van der Waals surface area contributed by atoms with E-state index in [0.717, 1.165) is 71.7 Å². The quantitative estimate of drug-likeness (QED) is 0.197. The van der Waals surface area contributed by atoms with E-state index >= 15 is 0 Å². The maximum absolute atomic E-state index is 6.71. The molecule has 0 aliphatic carbocycles. The van der Waals surface area contributed by atoms with Crippen molar-refractivity contribution in [1.82, 2.24) is 15.0 Å². The normalized spacial score (nSPS) is 11.4. The monoisotopic (exact) mass is 601 g/mol. The minimum atomic E-state index is 0.600. The van der Waals surface area contributed by atoms with Crippen LogP contribution in [0.25, 0.3) is 89.1 Å². The van der Waals surface area contributed by atoms with Crippen LogP contribution >= 0.6 is 0 Å². The Hall–Kier alpha value is -6.39. The summed E-state index contributed by atoms with van der Waals surface area (Å²) in [5, 5.41) is 4.14. The summed E-state index contributed by atoms with van der Waals surface area (Å²) in [7, 11) is 0. The van der Waals surface area contributed by atoms with E-state index in [9.17, 15) is 0 Å². The summed E-state index contributed by atoms with van der Waals surface area (Å²) in [6.07, 6.45) is 0. The van der Waals surface area contributed by atoms with Gasteiger partial charge < -0.3 is 4.42 Å². The molecule has 0 atom stereocenters. The zero-order valence-electron chi connectivity index (χ0n) is 25.3. The van der Waals surface area contributed by atoms with Gasteiger partial charge in [0, 0.05) is 32.8 Å². The molecule has 2 heterocycles. The molecule has 7 aromatic carbocycles. The minimum absolute atomic E-state index is 0.600. The van der Waals surface area contributed by atoms with E-state index in [1.807, 2.05) is 54.6 Å². The van der Waals surface area contributed by atoms with Gasteiger partial charge in [-0.3, -0.25) is 0 Å². The summed E-state index contributed by atoms with van der Waals surface area (Å²) in [6.45, 7) is 0. The molecule has 2 aromatic heterocycles. The van der Waals surface area contributed by atoms with E-state index in [4.69, 9.17) is 19.4 Å². The Balaban J connectivity index is 1.34. The van der Waals surface area contributed by atoms with Crippen molar-refractivity contribution in [2.24, 2.45) is 0 Å². The van der Waals surface area contributed by atoms with Gasteiger partial charge in [0.15, 0.2) is 17.5 Å². The summed E-state index contributed by atoms with van der Waals surface area (Å²) in [4.78, 5) is 15.4. The van der Waals surface area contributed by atoms with Gasteiger partial charge in [-0.2, -0.15) is 0 Å². The predicted molar refractivity (Wildman–Crippen MR) is 192 cm³/mol. The van der Waals surface area contributed by atoms with Crippen molar-refractivity contribution in [1.29, 1.82) is 0 Å². The number of aromatic nitrogens is 3. The molecule has 0 spiro atoms. The van der Waals surface area contributed by atoms with Crippen LogP contribution in [0.15, 0.2) is 168 Å². The number of hydrogen-bond acceptors (Lipinski definition) is 4. The molecular weight excluding hydrogens is 574 g/mol. The Morgan fingerprint density at radius 2 is 0.936 bits per heavy atom. The van der Waals surface area contributed by atoms with Crippen molar-refractivity contribution in [3.8, 4) is 56.4 Å². The predicted octanol–water partition coefficient (Wildman–Crippen LogP) is 11.3. The van der Waals surface area contributed by atoms with E-state index in [1.54, 1.807) is 0 Å². The lowest BCUT2D eigenvalue weighted by molar-refractivity contribution is 0.673. The average molecular weight is 602 g/mol. The van der Waals surface area contributed by atoms with Crippen molar-refractivity contribution >= 4 is 32.7 Å². The fraction of sp³-hybridized carbons (Fsp3) is 0. The molecule has 0 saturated carbocycles. The summed E-state index contributed by atoms with van der Waals surface area (Å²) >= 11 is 0. The Labute approximate surface area is 271 Å². The molecule has 0 radical (unpaired) electrons. The molecule has 0 fully saturated rings. The SMILES string of the molecule is c1ccc(-c2cccc(-c3nc(-c4ccccc4)nc(-c4cc5cccc(-c6ccccc6)c5c5oc6ccccc6c45)n3)c2)cc1. The highest BCUT2D eigenvalue weighted by atomic mass is 16.3. The lowest BCUT2D eigenvalue weighted by atomic mass is 9.93. The van der Waals surface area contributed by atoms with Crippen molar-refractivity contribution in [3.05, 3.63) is 164 Å². The molecule has 0 unspecified atom stereocenters. The van der Waals surface area contributed by atoms with E-state index in [0.29, 0.717) is 17.5 Å². The van der Waals surface area contributed by atoms with Crippen LogP contribution in [0.1, 0.15) is 0 Å². The van der Waals surface area contributed by atoms with Gasteiger partial charge in [0.1, 0.15) is 11.2 Å². The van der Waals surface area contributed by atoms with E-state index in [1.165, 1.54) is 0 Å². The molecule has 9 rings (SSSR count). The first kappa shape index (κ1) is 27.0. The summed E-state index contributed by atoms with van der Waals surface area (Å²) in [5.74, 6) is 1.84. The zero-order valence-corrected chi connectivity index (χ0v) is 25.3. The summed E-state index contributed by atoms with van der Waals surface area (Å²) < 4.78 is 6.71. The van der Waals surface area contributed by atoms with Gasteiger partial charge >= 0.3 is 0 Å². The van der Waals surface area contributed by atoms with Gasteiger partial charge in [-0.05, 0) is 45.8 Å². The molecule has 220 valence electrons. The number of hydrogen-bond donors (Lipinski definition) is 0. The molecule has 0 bridgehead atoms. The maximum atomic E-state index is 6.71. The van der Waals surface area contributed by atoms with Gasteiger partial charge in [0.05, 0.1) is 0 Å². The van der Waals surface area contributed by atoms with E-state index < -0.39 is 0 Å². The standard InChI is InChI=1S/C43H27N3O/c1-4-14-28(15-5-1)31-20-12-22-33(26-31)42-44-41(30-18-8-3-9-19-30)45-43(46-42)36-27-32-21-13-24-34(29-16-6-2-7-17-29)38(32)40-39(36)35-23-10-11-25-37(35)47-40/h1-27H. The molecule has 0 amide bonds. The number of benzene rings is 7. The molecule has 0 aliphatic heterocycles. The summed E-state index contributed by atoms with van der Waals surface area (Å²) in [5.41, 5.74) is 8.92. The van der Waals surface area contributed by atoms with Gasteiger partial charge in [-0.25, -0.2) is 15.0 Å². The van der Waals surface area contributed by atoms with Gasteiger partial charge in [0.25, 0.3) is 0 Å². The zero-order chi connectivity index (χ0) is 31.2. The van der Waals surface area contributed by atoms with E-state index in [-0.39, 0.29) is 0 Å². The first-order valence-electron chi connectivity index (χ1n) is 15.7. The molecule has 0 aliphatic rings. The number of nitrogens with zero attached hydrogens (tertiary/aromatic N) is 3. The Kier molecular flexibility index (Phi) is 6.43. The van der Waals surface area contributed by atoms with Crippen LogP contribution in [0.3, 0.4) is 0 Å². The second kappa shape index (κ2) is 11.2. The minimum Gasteiger partial charge on any atom is -0.455 e. The first-order valence-corrected chi connectivity index (χ1v) is 15.7.